The molecule has 1 unspecified atom stereocenters. The summed E-state index contributed by atoms with van der Waals surface area (Å²) in [7, 11) is 1.32. The summed E-state index contributed by atoms with van der Waals surface area (Å²) in [6, 6.07) is 0. The zero-order valence-corrected chi connectivity index (χ0v) is 9.89. The second kappa shape index (κ2) is 7.75. The Morgan fingerprint density at radius 2 is 2.14 bits per heavy atom. The number of carbonyl (C=O) groups is 2. The van der Waals surface area contributed by atoms with Crippen molar-refractivity contribution in [2.45, 2.75) is 11.8 Å². The maximum atomic E-state index is 11.0. The van der Waals surface area contributed by atoms with Gasteiger partial charge in [0.25, 0.3) is 0 Å². The summed E-state index contributed by atoms with van der Waals surface area (Å²) in [4.78, 5) is 21.4. The number of alkyl halides is 1. The largest absolute Gasteiger partial charge is 0.468 e. The van der Waals surface area contributed by atoms with Gasteiger partial charge in [-0.1, -0.05) is 15.9 Å². The lowest BCUT2D eigenvalue weighted by Crippen LogP contribution is -2.37. The lowest BCUT2D eigenvalue weighted by atomic mass is 10.4. The molecule has 0 saturated heterocycles. The monoisotopic (exact) mass is 266 g/mol. The standard InChI is InChI=1S/C8H15BrN2O3/c1-3-11-7(12)5-10-4-6(9)8(13)14-2/h6,10H,3-5H2,1-2H3,(H,11,12). The lowest BCUT2D eigenvalue weighted by Gasteiger charge is -2.08. The molecule has 0 radical (unpaired) electrons. The first-order chi connectivity index (χ1) is 6.61. The van der Waals surface area contributed by atoms with Gasteiger partial charge in [0.2, 0.25) is 5.91 Å². The van der Waals surface area contributed by atoms with Gasteiger partial charge in [0.15, 0.2) is 0 Å². The molecular weight excluding hydrogens is 252 g/mol. The van der Waals surface area contributed by atoms with Gasteiger partial charge in [-0.2, -0.15) is 0 Å². The van der Waals surface area contributed by atoms with E-state index in [2.05, 4.69) is 31.3 Å². The molecule has 0 aromatic rings. The SMILES string of the molecule is CCNC(=O)CNCC(Br)C(=O)OC. The molecule has 82 valence electrons. The fourth-order valence-corrected chi connectivity index (χ4v) is 1.20. The second-order valence-corrected chi connectivity index (χ2v) is 3.68. The third-order valence-corrected chi connectivity index (χ3v) is 2.14. The minimum absolute atomic E-state index is 0.0861. The fourth-order valence-electron chi connectivity index (χ4n) is 0.783. The highest BCUT2D eigenvalue weighted by molar-refractivity contribution is 9.10. The predicted molar refractivity (Wildman–Crippen MR) is 56.3 cm³/mol. The molecule has 0 fully saturated rings. The number of nitrogens with one attached hydrogen (secondary N) is 2. The molecule has 0 aliphatic carbocycles. The van der Waals surface area contributed by atoms with Gasteiger partial charge in [0.1, 0.15) is 4.83 Å². The number of amides is 1. The zero-order chi connectivity index (χ0) is 11.0. The van der Waals surface area contributed by atoms with Crippen molar-refractivity contribution in [3.05, 3.63) is 0 Å². The van der Waals surface area contributed by atoms with Gasteiger partial charge in [-0.25, -0.2) is 0 Å². The number of likely N-dealkylation sites (N-methyl/N-ethyl adjacent to an activating group) is 1. The third-order valence-electron chi connectivity index (χ3n) is 1.44. The van der Waals surface area contributed by atoms with Crippen molar-refractivity contribution < 1.29 is 14.3 Å². The Labute approximate surface area is 91.7 Å². The van der Waals surface area contributed by atoms with E-state index in [1.165, 1.54) is 7.11 Å². The lowest BCUT2D eigenvalue weighted by molar-refractivity contribution is -0.139. The Morgan fingerprint density at radius 3 is 2.64 bits per heavy atom. The van der Waals surface area contributed by atoms with Gasteiger partial charge in [-0.05, 0) is 6.92 Å². The summed E-state index contributed by atoms with van der Waals surface area (Å²) in [5.41, 5.74) is 0. The smallest absolute Gasteiger partial charge is 0.320 e. The number of ether oxygens (including phenoxy) is 1. The van der Waals surface area contributed by atoms with Crippen LogP contribution in [0.1, 0.15) is 6.92 Å². The summed E-state index contributed by atoms with van der Waals surface area (Å²) < 4.78 is 4.49. The van der Waals surface area contributed by atoms with Gasteiger partial charge in [0.05, 0.1) is 13.7 Å². The zero-order valence-electron chi connectivity index (χ0n) is 8.30. The first-order valence-electron chi connectivity index (χ1n) is 4.31. The topological polar surface area (TPSA) is 67.4 Å². The first-order valence-corrected chi connectivity index (χ1v) is 5.22. The van der Waals surface area contributed by atoms with Gasteiger partial charge in [-0.15, -0.1) is 0 Å². The molecule has 0 aromatic heterocycles. The molecule has 0 saturated carbocycles. The van der Waals surface area contributed by atoms with Crippen molar-refractivity contribution >= 4 is 27.8 Å². The number of carbonyl (C=O) groups excluding carboxylic acids is 2. The quantitative estimate of drug-likeness (QED) is 0.510. The average Bonchev–Trinajstić information content (AvgIpc) is 2.16. The molecule has 5 nitrogen and oxygen atoms in total. The Bertz CT molecular complexity index is 199. The molecule has 0 rings (SSSR count). The molecule has 14 heavy (non-hydrogen) atoms. The van der Waals surface area contributed by atoms with E-state index in [1.54, 1.807) is 0 Å². The van der Waals surface area contributed by atoms with Crippen LogP contribution in [0.5, 0.6) is 0 Å². The maximum Gasteiger partial charge on any atom is 0.320 e. The van der Waals surface area contributed by atoms with Crippen molar-refractivity contribution in [1.29, 1.82) is 0 Å². The molecule has 6 heteroatoms. The van der Waals surface area contributed by atoms with E-state index in [1.807, 2.05) is 6.92 Å². The third kappa shape index (κ3) is 5.93. The average molecular weight is 267 g/mol. The van der Waals surface area contributed by atoms with E-state index in [0.717, 1.165) is 0 Å². The fraction of sp³-hybridized carbons (Fsp3) is 0.750. The van der Waals surface area contributed by atoms with Crippen LogP contribution in [0, 0.1) is 0 Å². The minimum Gasteiger partial charge on any atom is -0.468 e. The van der Waals surface area contributed by atoms with E-state index in [0.29, 0.717) is 13.1 Å². The molecule has 0 aliphatic heterocycles. The van der Waals surface area contributed by atoms with Gasteiger partial charge >= 0.3 is 5.97 Å². The van der Waals surface area contributed by atoms with Crippen molar-refractivity contribution in [2.24, 2.45) is 0 Å². The van der Waals surface area contributed by atoms with E-state index in [4.69, 9.17) is 0 Å². The molecule has 2 N–H and O–H groups in total. The molecule has 0 spiro atoms. The van der Waals surface area contributed by atoms with Crippen LogP contribution in [0.25, 0.3) is 0 Å². The van der Waals surface area contributed by atoms with Crippen LogP contribution < -0.4 is 10.6 Å². The van der Waals surface area contributed by atoms with Gasteiger partial charge in [0, 0.05) is 13.1 Å². The highest BCUT2D eigenvalue weighted by Gasteiger charge is 2.14. The number of hydrogen-bond donors (Lipinski definition) is 2. The Morgan fingerprint density at radius 1 is 1.50 bits per heavy atom. The van der Waals surface area contributed by atoms with Crippen molar-refractivity contribution in [3.63, 3.8) is 0 Å². The van der Waals surface area contributed by atoms with Crippen LogP contribution >= 0.6 is 15.9 Å². The Hall–Kier alpha value is -0.620. The van der Waals surface area contributed by atoms with Crippen molar-refractivity contribution in [1.82, 2.24) is 10.6 Å². The summed E-state index contributed by atoms with van der Waals surface area (Å²) in [5.74, 6) is -0.439. The molecule has 0 bridgehead atoms. The number of halogens is 1. The highest BCUT2D eigenvalue weighted by atomic mass is 79.9. The molecule has 1 atom stereocenters. The molecular formula is C8H15BrN2O3. The highest BCUT2D eigenvalue weighted by Crippen LogP contribution is 1.99. The molecule has 0 aliphatic rings. The van der Waals surface area contributed by atoms with Crippen LogP contribution in [0.15, 0.2) is 0 Å². The maximum absolute atomic E-state index is 11.0. The summed E-state index contributed by atoms with van der Waals surface area (Å²) in [6.45, 7) is 3.02. The minimum atomic E-state index is -0.415. The molecule has 0 aromatic carbocycles. The van der Waals surface area contributed by atoms with Crippen molar-refractivity contribution in [2.75, 3.05) is 26.7 Å². The van der Waals surface area contributed by atoms with Gasteiger partial charge < -0.3 is 15.4 Å². The number of esters is 1. The van der Waals surface area contributed by atoms with Crippen LogP contribution in [0.2, 0.25) is 0 Å². The molecule has 0 heterocycles. The van der Waals surface area contributed by atoms with E-state index >= 15 is 0 Å². The van der Waals surface area contributed by atoms with Crippen molar-refractivity contribution in [3.8, 4) is 0 Å². The Kier molecular flexibility index (Phi) is 7.41. The predicted octanol–water partition coefficient (Wildman–Crippen LogP) is -0.351. The summed E-state index contributed by atoms with van der Waals surface area (Å²) in [5, 5.41) is 5.45. The number of methoxy groups -OCH3 is 1. The van der Waals surface area contributed by atoms with Crippen LogP contribution in [0.3, 0.4) is 0 Å². The van der Waals surface area contributed by atoms with Crippen LogP contribution in [-0.4, -0.2) is 43.4 Å². The van der Waals surface area contributed by atoms with Gasteiger partial charge in [-0.3, -0.25) is 9.59 Å². The van der Waals surface area contributed by atoms with E-state index in [-0.39, 0.29) is 18.4 Å². The van der Waals surface area contributed by atoms with E-state index in [9.17, 15) is 9.59 Å². The normalized spacial score (nSPS) is 11.9. The van der Waals surface area contributed by atoms with Crippen LogP contribution in [0.4, 0.5) is 0 Å². The second-order valence-electron chi connectivity index (χ2n) is 2.58. The first kappa shape index (κ1) is 13.4. The summed E-state index contributed by atoms with van der Waals surface area (Å²) >= 11 is 3.12. The number of hydrogen-bond acceptors (Lipinski definition) is 4. The van der Waals surface area contributed by atoms with E-state index < -0.39 is 4.83 Å². The summed E-state index contributed by atoms with van der Waals surface area (Å²) in [6.07, 6.45) is 0. The molecule has 1 amide bonds. The Balaban J connectivity index is 3.53. The number of rotatable bonds is 6. The van der Waals surface area contributed by atoms with Crippen LogP contribution in [-0.2, 0) is 14.3 Å².